The lowest BCUT2D eigenvalue weighted by Gasteiger charge is -2.14. The molecular formula is C22H16ClFN4O3. The number of pyridine rings is 1. The summed E-state index contributed by atoms with van der Waals surface area (Å²) < 4.78 is 15.4. The number of rotatable bonds is 5. The largest absolute Gasteiger partial charge is 0.332 e. The molecule has 156 valence electrons. The van der Waals surface area contributed by atoms with E-state index in [2.05, 4.69) is 10.3 Å². The van der Waals surface area contributed by atoms with Crippen LogP contribution in [0.1, 0.15) is 5.56 Å². The number of nitrogens with one attached hydrogen (secondary N) is 1. The van der Waals surface area contributed by atoms with Crippen molar-refractivity contribution in [3.8, 4) is 0 Å². The van der Waals surface area contributed by atoms with E-state index in [1.807, 2.05) is 0 Å². The highest BCUT2D eigenvalue weighted by Crippen LogP contribution is 2.14. The highest BCUT2D eigenvalue weighted by molar-refractivity contribution is 6.30. The molecule has 4 rings (SSSR count). The van der Waals surface area contributed by atoms with Gasteiger partial charge in [0.15, 0.2) is 5.52 Å². The summed E-state index contributed by atoms with van der Waals surface area (Å²) in [5.41, 5.74) is 0.139. The molecule has 4 aromatic rings. The summed E-state index contributed by atoms with van der Waals surface area (Å²) in [4.78, 5) is 42.7. The van der Waals surface area contributed by atoms with Crippen molar-refractivity contribution in [1.82, 2.24) is 14.1 Å². The first-order valence-corrected chi connectivity index (χ1v) is 9.68. The zero-order chi connectivity index (χ0) is 22.0. The average molecular weight is 439 g/mol. The predicted molar refractivity (Wildman–Crippen MR) is 116 cm³/mol. The second-order valence-corrected chi connectivity index (χ2v) is 7.25. The number of carbonyl (C=O) groups excluding carboxylic acids is 1. The molecule has 0 aliphatic heterocycles. The van der Waals surface area contributed by atoms with Crippen molar-refractivity contribution in [1.29, 1.82) is 0 Å². The maximum atomic E-state index is 13.2. The van der Waals surface area contributed by atoms with Crippen LogP contribution in [-0.4, -0.2) is 20.0 Å². The van der Waals surface area contributed by atoms with E-state index in [-0.39, 0.29) is 24.1 Å². The Hall–Kier alpha value is -3.78. The van der Waals surface area contributed by atoms with Gasteiger partial charge in [0.2, 0.25) is 5.91 Å². The zero-order valence-corrected chi connectivity index (χ0v) is 16.8. The van der Waals surface area contributed by atoms with Gasteiger partial charge in [-0.15, -0.1) is 0 Å². The van der Waals surface area contributed by atoms with Crippen molar-refractivity contribution in [3.63, 3.8) is 0 Å². The van der Waals surface area contributed by atoms with Gasteiger partial charge in [0.05, 0.1) is 12.1 Å². The first-order valence-electron chi connectivity index (χ1n) is 9.30. The SMILES string of the molecule is O=C(Cn1c(=O)n(Cc2ccc(F)cc2)c(=O)c2ncccc21)Nc1ccc(Cl)cc1. The van der Waals surface area contributed by atoms with Crippen molar-refractivity contribution < 1.29 is 9.18 Å². The average Bonchev–Trinajstić information content (AvgIpc) is 2.77. The number of carbonyl (C=O) groups is 1. The monoisotopic (exact) mass is 438 g/mol. The number of aromatic nitrogens is 3. The third kappa shape index (κ3) is 4.39. The first-order chi connectivity index (χ1) is 14.9. The fraction of sp³-hybridized carbons (Fsp3) is 0.0909. The normalized spacial score (nSPS) is 10.9. The topological polar surface area (TPSA) is 86.0 Å². The molecule has 0 bridgehead atoms. The van der Waals surface area contributed by atoms with Gasteiger partial charge in [-0.3, -0.25) is 18.7 Å². The van der Waals surface area contributed by atoms with E-state index in [4.69, 9.17) is 11.6 Å². The molecule has 31 heavy (non-hydrogen) atoms. The van der Waals surface area contributed by atoms with Gasteiger partial charge in [-0.05, 0) is 54.1 Å². The molecule has 9 heteroatoms. The van der Waals surface area contributed by atoms with Crippen LogP contribution in [0.2, 0.25) is 5.02 Å². The molecule has 7 nitrogen and oxygen atoms in total. The van der Waals surface area contributed by atoms with E-state index in [0.29, 0.717) is 16.3 Å². The molecule has 1 amide bonds. The van der Waals surface area contributed by atoms with Crippen LogP contribution in [0.3, 0.4) is 0 Å². The van der Waals surface area contributed by atoms with Crippen LogP contribution in [0, 0.1) is 5.82 Å². The van der Waals surface area contributed by atoms with Gasteiger partial charge < -0.3 is 5.32 Å². The van der Waals surface area contributed by atoms with Gasteiger partial charge in [0.1, 0.15) is 12.4 Å². The quantitative estimate of drug-likeness (QED) is 0.519. The van der Waals surface area contributed by atoms with E-state index >= 15 is 0 Å². The predicted octanol–water partition coefficient (Wildman–Crippen LogP) is 3.04. The highest BCUT2D eigenvalue weighted by atomic mass is 35.5. The Morgan fingerprint density at radius 2 is 1.71 bits per heavy atom. The molecule has 0 aliphatic rings. The molecule has 0 unspecified atom stereocenters. The molecule has 0 radical (unpaired) electrons. The van der Waals surface area contributed by atoms with Gasteiger partial charge in [0.25, 0.3) is 5.56 Å². The summed E-state index contributed by atoms with van der Waals surface area (Å²) in [6.07, 6.45) is 1.44. The summed E-state index contributed by atoms with van der Waals surface area (Å²) in [5.74, 6) is -0.880. The van der Waals surface area contributed by atoms with Crippen LogP contribution in [0.15, 0.2) is 76.4 Å². The van der Waals surface area contributed by atoms with E-state index in [0.717, 1.165) is 4.57 Å². The minimum atomic E-state index is -0.666. The van der Waals surface area contributed by atoms with Crippen molar-refractivity contribution in [2.75, 3.05) is 5.32 Å². The number of benzene rings is 2. The number of anilines is 1. The maximum absolute atomic E-state index is 13.2. The Kier molecular flexibility index (Phi) is 5.64. The van der Waals surface area contributed by atoms with Gasteiger partial charge in [-0.1, -0.05) is 23.7 Å². The van der Waals surface area contributed by atoms with Gasteiger partial charge in [0, 0.05) is 16.9 Å². The standard InChI is InChI=1S/C22H16ClFN4O3/c23-15-5-9-17(10-6-15)26-19(29)13-27-18-2-1-11-25-20(18)21(30)28(22(27)31)12-14-3-7-16(24)8-4-14/h1-11H,12-13H2,(H,26,29). The number of hydrogen-bond acceptors (Lipinski definition) is 4. The van der Waals surface area contributed by atoms with Crippen molar-refractivity contribution in [2.45, 2.75) is 13.1 Å². The second-order valence-electron chi connectivity index (χ2n) is 6.81. The molecule has 2 heterocycles. The molecular weight excluding hydrogens is 423 g/mol. The fourth-order valence-electron chi connectivity index (χ4n) is 3.18. The van der Waals surface area contributed by atoms with Gasteiger partial charge in [-0.25, -0.2) is 14.2 Å². The number of nitrogens with zero attached hydrogens (tertiary/aromatic N) is 3. The molecule has 0 spiro atoms. The van der Waals surface area contributed by atoms with E-state index < -0.39 is 23.0 Å². The Morgan fingerprint density at radius 1 is 1.00 bits per heavy atom. The smallest absolute Gasteiger partial charge is 0.325 e. The van der Waals surface area contributed by atoms with Crippen LogP contribution in [-0.2, 0) is 17.9 Å². The molecule has 1 N–H and O–H groups in total. The minimum Gasteiger partial charge on any atom is -0.325 e. The lowest BCUT2D eigenvalue weighted by molar-refractivity contribution is -0.116. The molecule has 2 aromatic heterocycles. The van der Waals surface area contributed by atoms with Crippen LogP contribution >= 0.6 is 11.6 Å². The van der Waals surface area contributed by atoms with Crippen molar-refractivity contribution in [3.05, 3.63) is 104 Å². The minimum absolute atomic E-state index is 0.0588. The van der Waals surface area contributed by atoms with Gasteiger partial charge >= 0.3 is 5.69 Å². The molecule has 0 aliphatic carbocycles. The maximum Gasteiger partial charge on any atom is 0.332 e. The number of hydrogen-bond donors (Lipinski definition) is 1. The lowest BCUT2D eigenvalue weighted by Crippen LogP contribution is -2.42. The Labute approximate surface area is 180 Å². The third-order valence-corrected chi connectivity index (χ3v) is 4.92. The van der Waals surface area contributed by atoms with Crippen molar-refractivity contribution in [2.24, 2.45) is 0 Å². The van der Waals surface area contributed by atoms with Crippen molar-refractivity contribution >= 4 is 34.2 Å². The van der Waals surface area contributed by atoms with Gasteiger partial charge in [-0.2, -0.15) is 0 Å². The van der Waals surface area contributed by atoms with E-state index in [1.165, 1.54) is 35.0 Å². The third-order valence-electron chi connectivity index (χ3n) is 4.67. The molecule has 0 saturated heterocycles. The summed E-state index contributed by atoms with van der Waals surface area (Å²) in [7, 11) is 0. The fourth-order valence-corrected chi connectivity index (χ4v) is 3.31. The molecule has 0 fully saturated rings. The van der Waals surface area contributed by atoms with Crippen LogP contribution in [0.5, 0.6) is 0 Å². The molecule has 0 atom stereocenters. The second kappa shape index (κ2) is 8.53. The summed E-state index contributed by atoms with van der Waals surface area (Å²) in [5, 5.41) is 3.22. The highest BCUT2D eigenvalue weighted by Gasteiger charge is 2.16. The lowest BCUT2D eigenvalue weighted by atomic mass is 10.2. The Balaban J connectivity index is 1.74. The van der Waals surface area contributed by atoms with Crippen LogP contribution in [0.25, 0.3) is 11.0 Å². The Morgan fingerprint density at radius 3 is 2.42 bits per heavy atom. The van der Waals surface area contributed by atoms with Crippen LogP contribution in [0.4, 0.5) is 10.1 Å². The number of amides is 1. The van der Waals surface area contributed by atoms with E-state index in [1.54, 1.807) is 36.4 Å². The summed E-state index contributed by atoms with van der Waals surface area (Å²) >= 11 is 5.85. The number of fused-ring (bicyclic) bond motifs is 1. The number of halogens is 2. The molecule has 0 saturated carbocycles. The zero-order valence-electron chi connectivity index (χ0n) is 16.1. The van der Waals surface area contributed by atoms with E-state index in [9.17, 15) is 18.8 Å². The molecule has 2 aromatic carbocycles. The summed E-state index contributed by atoms with van der Waals surface area (Å²) in [6.45, 7) is -0.406. The Bertz CT molecular complexity index is 1380. The first kappa shape index (κ1) is 20.5. The van der Waals surface area contributed by atoms with Crippen LogP contribution < -0.4 is 16.6 Å². The summed E-state index contributed by atoms with van der Waals surface area (Å²) in [6, 6.07) is 15.1.